The molecule has 4 heteroatoms. The average Bonchev–Trinajstić information content (AvgIpc) is 2.48. The summed E-state index contributed by atoms with van der Waals surface area (Å²) in [5.41, 5.74) is 0. The van der Waals surface area contributed by atoms with E-state index < -0.39 is 13.0 Å². The van der Waals surface area contributed by atoms with E-state index >= 15 is 0 Å². The zero-order chi connectivity index (χ0) is 14.2. The van der Waals surface area contributed by atoms with Crippen LogP contribution >= 0.6 is 0 Å². The molecule has 2 rings (SSSR count). The maximum absolute atomic E-state index is 12.0. The summed E-state index contributed by atoms with van der Waals surface area (Å²) in [7, 11) is 0. The first-order valence-corrected chi connectivity index (χ1v) is 8.36. The average molecular weight is 289 g/mol. The van der Waals surface area contributed by atoms with Crippen molar-refractivity contribution >= 4 is 0 Å². The molecule has 0 bridgehead atoms. The molecule has 2 unspecified atom stereocenters. The Labute approximate surface area is 121 Å². The fraction of sp³-hybridized carbons (Fsp3) is 1.00. The minimum Gasteiger partial charge on any atom is -0.374 e. The molecular weight excluding hydrogens is 260 g/mol. The van der Waals surface area contributed by atoms with Gasteiger partial charge in [0.15, 0.2) is 0 Å². The van der Waals surface area contributed by atoms with E-state index in [0.717, 1.165) is 11.8 Å². The van der Waals surface area contributed by atoms with E-state index in [2.05, 4.69) is 5.32 Å². The van der Waals surface area contributed by atoms with Gasteiger partial charge in [-0.25, -0.2) is 8.78 Å². The van der Waals surface area contributed by atoms with Gasteiger partial charge in [-0.2, -0.15) is 0 Å². The molecule has 2 aliphatic rings. The summed E-state index contributed by atoms with van der Waals surface area (Å²) >= 11 is 0. The highest BCUT2D eigenvalue weighted by Crippen LogP contribution is 2.38. The topological polar surface area (TPSA) is 21.3 Å². The van der Waals surface area contributed by atoms with Crippen LogP contribution in [0, 0.1) is 11.8 Å². The molecule has 0 aromatic carbocycles. The fourth-order valence-electron chi connectivity index (χ4n) is 4.03. The van der Waals surface area contributed by atoms with E-state index in [-0.39, 0.29) is 0 Å². The standard InChI is InChI=1S/C16H29F2NO/c17-16(18)12-20-11-10-19-15-9-5-4-8-14(15)13-6-2-1-3-7-13/h13-16,19H,1-12H2. The van der Waals surface area contributed by atoms with Crippen LogP contribution in [0.3, 0.4) is 0 Å². The summed E-state index contributed by atoms with van der Waals surface area (Å²) in [5, 5.41) is 3.57. The summed E-state index contributed by atoms with van der Waals surface area (Å²) in [6.45, 7) is 0.678. The van der Waals surface area contributed by atoms with Gasteiger partial charge in [0, 0.05) is 12.6 Å². The van der Waals surface area contributed by atoms with Crippen LogP contribution in [0.4, 0.5) is 8.78 Å². The van der Waals surface area contributed by atoms with E-state index in [4.69, 9.17) is 4.74 Å². The number of nitrogens with one attached hydrogen (secondary N) is 1. The van der Waals surface area contributed by atoms with Gasteiger partial charge < -0.3 is 10.1 Å². The Morgan fingerprint density at radius 3 is 2.40 bits per heavy atom. The Balaban J connectivity index is 1.69. The first kappa shape index (κ1) is 16.2. The molecule has 2 saturated carbocycles. The van der Waals surface area contributed by atoms with E-state index in [1.807, 2.05) is 0 Å². The van der Waals surface area contributed by atoms with Crippen molar-refractivity contribution in [2.24, 2.45) is 11.8 Å². The molecule has 0 aromatic heterocycles. The number of hydrogen-bond acceptors (Lipinski definition) is 2. The Morgan fingerprint density at radius 2 is 1.65 bits per heavy atom. The molecule has 2 aliphatic carbocycles. The molecule has 0 spiro atoms. The highest BCUT2D eigenvalue weighted by Gasteiger charge is 2.31. The quantitative estimate of drug-likeness (QED) is 0.715. The van der Waals surface area contributed by atoms with Gasteiger partial charge >= 0.3 is 0 Å². The second kappa shape index (κ2) is 8.93. The van der Waals surface area contributed by atoms with Crippen molar-refractivity contribution in [2.75, 3.05) is 19.8 Å². The molecule has 0 heterocycles. The first-order chi connectivity index (χ1) is 9.77. The number of alkyl halides is 2. The van der Waals surface area contributed by atoms with Crippen LogP contribution in [0.2, 0.25) is 0 Å². The Bertz CT molecular complexity index is 257. The van der Waals surface area contributed by atoms with Crippen molar-refractivity contribution < 1.29 is 13.5 Å². The van der Waals surface area contributed by atoms with Gasteiger partial charge in [-0.3, -0.25) is 0 Å². The zero-order valence-electron chi connectivity index (χ0n) is 12.5. The lowest BCUT2D eigenvalue weighted by Gasteiger charge is -2.39. The van der Waals surface area contributed by atoms with Crippen LogP contribution in [-0.2, 0) is 4.74 Å². The van der Waals surface area contributed by atoms with Gasteiger partial charge in [0.1, 0.15) is 6.61 Å². The minimum absolute atomic E-state index is 0.401. The SMILES string of the molecule is FC(F)COCCNC1CCCCC1C1CCCCC1. The zero-order valence-corrected chi connectivity index (χ0v) is 12.5. The molecule has 2 nitrogen and oxygen atoms in total. The van der Waals surface area contributed by atoms with Gasteiger partial charge in [0.25, 0.3) is 6.43 Å². The van der Waals surface area contributed by atoms with Gasteiger partial charge in [0.2, 0.25) is 0 Å². The molecule has 0 aromatic rings. The number of ether oxygens (including phenoxy) is 1. The Kier molecular flexibility index (Phi) is 7.22. The smallest absolute Gasteiger partial charge is 0.261 e. The normalized spacial score (nSPS) is 28.9. The monoisotopic (exact) mass is 289 g/mol. The maximum atomic E-state index is 12.0. The van der Waals surface area contributed by atoms with Crippen LogP contribution in [0.1, 0.15) is 57.8 Å². The molecule has 0 saturated heterocycles. The third-order valence-electron chi connectivity index (χ3n) is 4.97. The lowest BCUT2D eigenvalue weighted by molar-refractivity contribution is 0.0167. The van der Waals surface area contributed by atoms with Crippen LogP contribution in [0.25, 0.3) is 0 Å². The molecule has 1 N–H and O–H groups in total. The van der Waals surface area contributed by atoms with E-state index in [1.54, 1.807) is 0 Å². The summed E-state index contributed by atoms with van der Waals surface area (Å²) in [6.07, 6.45) is 9.89. The molecule has 118 valence electrons. The predicted octanol–water partition coefficient (Wildman–Crippen LogP) is 4.00. The summed E-state index contributed by atoms with van der Waals surface area (Å²) in [6, 6.07) is 0.585. The Morgan fingerprint density at radius 1 is 0.950 bits per heavy atom. The molecule has 0 amide bonds. The van der Waals surface area contributed by atoms with Crippen LogP contribution in [-0.4, -0.2) is 32.2 Å². The third-order valence-corrected chi connectivity index (χ3v) is 4.97. The van der Waals surface area contributed by atoms with E-state index in [1.165, 1.54) is 57.8 Å². The second-order valence-electron chi connectivity index (χ2n) is 6.37. The summed E-state index contributed by atoms with van der Waals surface area (Å²) < 4.78 is 28.9. The van der Waals surface area contributed by atoms with Gasteiger partial charge in [-0.1, -0.05) is 44.9 Å². The summed E-state index contributed by atoms with van der Waals surface area (Å²) in [4.78, 5) is 0. The lowest BCUT2D eigenvalue weighted by atomic mass is 9.71. The Hall–Kier alpha value is -0.220. The maximum Gasteiger partial charge on any atom is 0.261 e. The van der Waals surface area contributed by atoms with Crippen LogP contribution in [0.5, 0.6) is 0 Å². The largest absolute Gasteiger partial charge is 0.374 e. The van der Waals surface area contributed by atoms with Gasteiger partial charge in [0.05, 0.1) is 6.61 Å². The molecule has 20 heavy (non-hydrogen) atoms. The molecular formula is C16H29F2NO. The van der Waals surface area contributed by atoms with Crippen molar-refractivity contribution in [1.29, 1.82) is 0 Å². The highest BCUT2D eigenvalue weighted by atomic mass is 19.3. The van der Waals surface area contributed by atoms with Crippen molar-refractivity contribution in [3.05, 3.63) is 0 Å². The number of rotatable bonds is 7. The van der Waals surface area contributed by atoms with Crippen LogP contribution < -0.4 is 5.32 Å². The van der Waals surface area contributed by atoms with Crippen LogP contribution in [0.15, 0.2) is 0 Å². The summed E-state index contributed by atoms with van der Waals surface area (Å²) in [5.74, 6) is 1.70. The van der Waals surface area contributed by atoms with Gasteiger partial charge in [-0.15, -0.1) is 0 Å². The van der Waals surface area contributed by atoms with Crippen molar-refractivity contribution in [1.82, 2.24) is 5.32 Å². The van der Waals surface area contributed by atoms with Crippen molar-refractivity contribution in [3.8, 4) is 0 Å². The lowest BCUT2D eigenvalue weighted by Crippen LogP contribution is -2.43. The molecule has 2 atom stereocenters. The molecule has 0 radical (unpaired) electrons. The fourth-order valence-corrected chi connectivity index (χ4v) is 4.03. The number of halogens is 2. The predicted molar refractivity (Wildman–Crippen MR) is 77.1 cm³/mol. The van der Waals surface area contributed by atoms with E-state index in [0.29, 0.717) is 19.2 Å². The number of hydrogen-bond donors (Lipinski definition) is 1. The first-order valence-electron chi connectivity index (χ1n) is 8.36. The third kappa shape index (κ3) is 5.28. The van der Waals surface area contributed by atoms with Gasteiger partial charge in [-0.05, 0) is 24.7 Å². The second-order valence-corrected chi connectivity index (χ2v) is 6.37. The van der Waals surface area contributed by atoms with Crippen molar-refractivity contribution in [3.63, 3.8) is 0 Å². The minimum atomic E-state index is -2.35. The van der Waals surface area contributed by atoms with E-state index in [9.17, 15) is 8.78 Å². The molecule has 2 fully saturated rings. The molecule has 0 aliphatic heterocycles. The van der Waals surface area contributed by atoms with Crippen molar-refractivity contribution in [2.45, 2.75) is 70.3 Å². The highest BCUT2D eigenvalue weighted by molar-refractivity contribution is 4.86.